The van der Waals surface area contributed by atoms with Gasteiger partial charge in [0, 0.05) is 13.0 Å². The van der Waals surface area contributed by atoms with Gasteiger partial charge in [-0.25, -0.2) is 4.68 Å². The lowest BCUT2D eigenvalue weighted by Crippen LogP contribution is -2.35. The third-order valence-corrected chi connectivity index (χ3v) is 5.76. The molecule has 0 fully saturated rings. The number of carbonyl (C=O) groups is 1. The highest BCUT2D eigenvalue weighted by atomic mass is 79.9. The zero-order valence-corrected chi connectivity index (χ0v) is 17.2. The molecule has 0 radical (unpaired) electrons. The fourth-order valence-electron chi connectivity index (χ4n) is 3.50. The summed E-state index contributed by atoms with van der Waals surface area (Å²) >= 11 is 3.28. The zero-order chi connectivity index (χ0) is 21.3. The van der Waals surface area contributed by atoms with Crippen LogP contribution in [0.4, 0.5) is 19.0 Å². The van der Waals surface area contributed by atoms with Gasteiger partial charge in [-0.05, 0) is 27.1 Å². The first-order chi connectivity index (χ1) is 14.3. The van der Waals surface area contributed by atoms with E-state index in [2.05, 4.69) is 31.7 Å². The number of rotatable bonds is 4. The predicted octanol–water partition coefficient (Wildman–Crippen LogP) is 5.24. The van der Waals surface area contributed by atoms with Crippen molar-refractivity contribution in [2.45, 2.75) is 31.2 Å². The van der Waals surface area contributed by atoms with Crippen molar-refractivity contribution in [2.24, 2.45) is 0 Å². The van der Waals surface area contributed by atoms with E-state index >= 15 is 0 Å². The Morgan fingerprint density at radius 1 is 1.13 bits per heavy atom. The van der Waals surface area contributed by atoms with Gasteiger partial charge in [0.1, 0.15) is 5.82 Å². The van der Waals surface area contributed by atoms with Crippen molar-refractivity contribution in [3.8, 4) is 0 Å². The molecule has 2 atom stereocenters. The van der Waals surface area contributed by atoms with Crippen LogP contribution in [0.5, 0.6) is 0 Å². The topological polar surface area (TPSA) is 59.0 Å². The molecular formula is C21H18BrF3N4O. The Morgan fingerprint density at radius 2 is 1.77 bits per heavy atom. The van der Waals surface area contributed by atoms with Gasteiger partial charge < -0.3 is 10.6 Å². The summed E-state index contributed by atoms with van der Waals surface area (Å²) in [5, 5.41) is 9.83. The van der Waals surface area contributed by atoms with Crippen LogP contribution in [0.3, 0.4) is 0 Å². The average Bonchev–Trinajstić information content (AvgIpc) is 3.08. The SMILES string of the molecule is O=C(NCc1ccccc1)c1nn2c(c1Br)N[C@H](c1ccccc1)C[C@H]2C(F)(F)F. The summed E-state index contributed by atoms with van der Waals surface area (Å²) < 4.78 is 42.5. The number of carbonyl (C=O) groups excluding carboxylic acids is 1. The van der Waals surface area contributed by atoms with Gasteiger partial charge in [0.25, 0.3) is 5.91 Å². The Labute approximate surface area is 179 Å². The fourth-order valence-corrected chi connectivity index (χ4v) is 4.06. The number of fused-ring (bicyclic) bond motifs is 1. The van der Waals surface area contributed by atoms with E-state index in [4.69, 9.17) is 0 Å². The molecule has 2 aromatic carbocycles. The van der Waals surface area contributed by atoms with Crippen molar-refractivity contribution >= 4 is 27.7 Å². The molecule has 2 N–H and O–H groups in total. The largest absolute Gasteiger partial charge is 0.410 e. The first-order valence-electron chi connectivity index (χ1n) is 9.33. The third-order valence-electron chi connectivity index (χ3n) is 5.01. The van der Waals surface area contributed by atoms with Crippen LogP contribution in [0.2, 0.25) is 0 Å². The molecule has 3 aromatic rings. The molecule has 1 amide bonds. The lowest BCUT2D eigenvalue weighted by molar-refractivity contribution is -0.173. The third kappa shape index (κ3) is 4.07. The number of hydrogen-bond donors (Lipinski definition) is 2. The minimum absolute atomic E-state index is 0.0867. The molecule has 1 aliphatic rings. The van der Waals surface area contributed by atoms with Gasteiger partial charge in [-0.3, -0.25) is 4.79 Å². The number of amides is 1. The number of nitrogens with one attached hydrogen (secondary N) is 2. The predicted molar refractivity (Wildman–Crippen MR) is 110 cm³/mol. The molecule has 2 heterocycles. The van der Waals surface area contributed by atoms with Gasteiger partial charge in [0.05, 0.1) is 10.5 Å². The quantitative estimate of drug-likeness (QED) is 0.539. The van der Waals surface area contributed by atoms with E-state index in [9.17, 15) is 18.0 Å². The van der Waals surface area contributed by atoms with E-state index < -0.39 is 24.2 Å². The molecule has 0 unspecified atom stereocenters. The molecule has 1 aromatic heterocycles. The zero-order valence-electron chi connectivity index (χ0n) is 15.7. The number of nitrogens with zero attached hydrogens (tertiary/aromatic N) is 2. The summed E-state index contributed by atoms with van der Waals surface area (Å²) in [7, 11) is 0. The van der Waals surface area contributed by atoms with E-state index in [1.165, 1.54) is 0 Å². The summed E-state index contributed by atoms with van der Waals surface area (Å²) in [5.41, 5.74) is 1.53. The molecule has 1 aliphatic heterocycles. The van der Waals surface area contributed by atoms with Crippen molar-refractivity contribution in [2.75, 3.05) is 5.32 Å². The minimum Gasteiger partial charge on any atom is -0.362 e. The van der Waals surface area contributed by atoms with Crippen LogP contribution < -0.4 is 10.6 Å². The summed E-state index contributed by atoms with van der Waals surface area (Å²) in [6, 6.07) is 15.8. The summed E-state index contributed by atoms with van der Waals surface area (Å²) in [4.78, 5) is 12.6. The smallest absolute Gasteiger partial charge is 0.362 e. The van der Waals surface area contributed by atoms with Crippen molar-refractivity contribution < 1.29 is 18.0 Å². The van der Waals surface area contributed by atoms with Crippen LogP contribution in [-0.2, 0) is 6.54 Å². The molecule has 5 nitrogen and oxygen atoms in total. The van der Waals surface area contributed by atoms with Gasteiger partial charge in [-0.1, -0.05) is 60.7 Å². The van der Waals surface area contributed by atoms with Crippen LogP contribution >= 0.6 is 15.9 Å². The Balaban J connectivity index is 1.64. The maximum Gasteiger partial charge on any atom is 0.410 e. The highest BCUT2D eigenvalue weighted by molar-refractivity contribution is 9.10. The molecule has 0 aliphatic carbocycles. The maximum atomic E-state index is 13.8. The number of aromatic nitrogens is 2. The van der Waals surface area contributed by atoms with E-state index in [1.807, 2.05) is 36.4 Å². The van der Waals surface area contributed by atoms with Crippen LogP contribution in [0.1, 0.15) is 40.1 Å². The molecule has 0 bridgehead atoms. The van der Waals surface area contributed by atoms with Crippen molar-refractivity contribution in [1.82, 2.24) is 15.1 Å². The van der Waals surface area contributed by atoms with Crippen molar-refractivity contribution in [3.63, 3.8) is 0 Å². The summed E-state index contributed by atoms with van der Waals surface area (Å²) in [6.45, 7) is 0.247. The number of halogens is 4. The second kappa shape index (κ2) is 8.14. The molecule has 0 saturated carbocycles. The fraction of sp³-hybridized carbons (Fsp3) is 0.238. The lowest BCUT2D eigenvalue weighted by Gasteiger charge is -2.33. The number of hydrogen-bond acceptors (Lipinski definition) is 3. The van der Waals surface area contributed by atoms with Crippen molar-refractivity contribution in [1.29, 1.82) is 0 Å². The number of benzene rings is 2. The summed E-state index contributed by atoms with van der Waals surface area (Å²) in [5.74, 6) is -0.408. The van der Waals surface area contributed by atoms with Gasteiger partial charge in [-0.2, -0.15) is 18.3 Å². The van der Waals surface area contributed by atoms with Gasteiger partial charge in [0.2, 0.25) is 0 Å². The Hall–Kier alpha value is -2.81. The van der Waals surface area contributed by atoms with Gasteiger partial charge >= 0.3 is 6.18 Å². The number of alkyl halides is 3. The molecule has 9 heteroatoms. The second-order valence-electron chi connectivity index (χ2n) is 7.02. The van der Waals surface area contributed by atoms with Gasteiger partial charge in [0.15, 0.2) is 11.7 Å². The molecule has 0 saturated heterocycles. The Kier molecular flexibility index (Phi) is 5.55. The molecule has 0 spiro atoms. The van der Waals surface area contributed by atoms with Crippen LogP contribution in [0.15, 0.2) is 65.1 Å². The van der Waals surface area contributed by atoms with Crippen molar-refractivity contribution in [3.05, 3.63) is 82.0 Å². The highest BCUT2D eigenvalue weighted by Crippen LogP contribution is 2.46. The second-order valence-corrected chi connectivity index (χ2v) is 7.82. The lowest BCUT2D eigenvalue weighted by atomic mass is 9.97. The van der Waals surface area contributed by atoms with E-state index in [-0.39, 0.29) is 29.0 Å². The standard InChI is InChI=1S/C21H18BrF3N4O/c22-17-18(20(30)26-12-13-7-3-1-4-8-13)28-29-16(21(23,24)25)11-15(27-19(17)29)14-9-5-2-6-10-14/h1-10,15-16,27H,11-12H2,(H,26,30)/t15-,16-/m0/s1. The molecule has 156 valence electrons. The molecule has 4 rings (SSSR count). The molecule has 30 heavy (non-hydrogen) atoms. The monoisotopic (exact) mass is 478 g/mol. The van der Waals surface area contributed by atoms with E-state index in [0.29, 0.717) is 0 Å². The average molecular weight is 479 g/mol. The summed E-state index contributed by atoms with van der Waals surface area (Å²) in [6.07, 6.45) is -4.73. The number of anilines is 1. The van der Waals surface area contributed by atoms with Crippen LogP contribution in [0.25, 0.3) is 0 Å². The Bertz CT molecular complexity index is 1040. The maximum absolute atomic E-state index is 13.8. The van der Waals surface area contributed by atoms with E-state index in [0.717, 1.165) is 15.8 Å². The Morgan fingerprint density at radius 3 is 2.40 bits per heavy atom. The highest BCUT2D eigenvalue weighted by Gasteiger charge is 2.47. The van der Waals surface area contributed by atoms with Gasteiger partial charge in [-0.15, -0.1) is 0 Å². The van der Waals surface area contributed by atoms with Crippen LogP contribution in [-0.4, -0.2) is 21.9 Å². The molecular weight excluding hydrogens is 461 g/mol. The first kappa shape index (κ1) is 20.5. The first-order valence-corrected chi connectivity index (χ1v) is 10.1. The normalized spacial score (nSPS) is 18.4. The van der Waals surface area contributed by atoms with E-state index in [1.54, 1.807) is 24.3 Å². The minimum atomic E-state index is -4.51. The van der Waals surface area contributed by atoms with Crippen LogP contribution in [0, 0.1) is 0 Å².